The van der Waals surface area contributed by atoms with Crippen molar-refractivity contribution < 1.29 is 14.6 Å². The molecule has 1 aromatic carbocycles. The van der Waals surface area contributed by atoms with Gasteiger partial charge in [0.25, 0.3) is 5.69 Å². The van der Waals surface area contributed by atoms with Crippen molar-refractivity contribution >= 4 is 28.9 Å². The number of nitrogens with zero attached hydrogens (tertiary/aromatic N) is 4. The second kappa shape index (κ2) is 6.84. The number of benzene rings is 1. The summed E-state index contributed by atoms with van der Waals surface area (Å²) in [5.74, 6) is 0.500. The van der Waals surface area contributed by atoms with Gasteiger partial charge in [-0.1, -0.05) is 17.4 Å². The molecule has 0 saturated carbocycles. The number of nitro groups is 1. The van der Waals surface area contributed by atoms with E-state index in [1.54, 1.807) is 29.1 Å². The quantitative estimate of drug-likeness (QED) is 0.330. The van der Waals surface area contributed by atoms with Crippen LogP contribution < -0.4 is 15.1 Å². The van der Waals surface area contributed by atoms with Crippen LogP contribution in [0, 0.1) is 10.1 Å². The van der Waals surface area contributed by atoms with Crippen molar-refractivity contribution in [1.82, 2.24) is 4.98 Å². The van der Waals surface area contributed by atoms with Crippen LogP contribution in [-0.2, 0) is 0 Å². The van der Waals surface area contributed by atoms with E-state index in [4.69, 9.17) is 0 Å². The summed E-state index contributed by atoms with van der Waals surface area (Å²) in [6.45, 7) is 0. The average molecular weight is 341 g/mol. The predicted molar refractivity (Wildman–Crippen MR) is 87.4 cm³/mol. The lowest BCUT2D eigenvalue weighted by molar-refractivity contribution is -0.599. The van der Waals surface area contributed by atoms with Gasteiger partial charge in [-0.3, -0.25) is 15.5 Å². The monoisotopic (exact) mass is 341 g/mol. The van der Waals surface area contributed by atoms with E-state index < -0.39 is 4.92 Å². The fourth-order valence-electron chi connectivity index (χ4n) is 1.94. The van der Waals surface area contributed by atoms with Gasteiger partial charge in [-0.2, -0.15) is 5.10 Å². The fraction of sp³-hybridized carbons (Fsp3) is 0. The lowest BCUT2D eigenvalue weighted by Crippen LogP contribution is -2.30. The first-order valence-electron chi connectivity index (χ1n) is 6.81. The van der Waals surface area contributed by atoms with Crippen molar-refractivity contribution in [2.45, 2.75) is 0 Å². The molecule has 24 heavy (non-hydrogen) atoms. The van der Waals surface area contributed by atoms with E-state index in [-0.39, 0.29) is 10.9 Å². The van der Waals surface area contributed by atoms with Gasteiger partial charge in [-0.25, -0.2) is 4.57 Å². The van der Waals surface area contributed by atoms with Gasteiger partial charge in [0, 0.05) is 12.1 Å². The van der Waals surface area contributed by atoms with Gasteiger partial charge in [-0.05, 0) is 29.2 Å². The highest BCUT2D eigenvalue weighted by molar-refractivity contribution is 7.15. The van der Waals surface area contributed by atoms with E-state index in [9.17, 15) is 15.2 Å². The molecule has 0 unspecified atom stereocenters. The Morgan fingerprint density at radius 3 is 2.58 bits per heavy atom. The highest BCUT2D eigenvalue weighted by Crippen LogP contribution is 2.20. The first-order chi connectivity index (χ1) is 11.6. The molecular formula is C15H11N5O3S. The van der Waals surface area contributed by atoms with Crippen molar-refractivity contribution in [3.05, 3.63) is 69.8 Å². The Balaban J connectivity index is 1.76. The first kappa shape index (κ1) is 15.6. The van der Waals surface area contributed by atoms with Crippen molar-refractivity contribution in [1.29, 1.82) is 0 Å². The zero-order valence-electron chi connectivity index (χ0n) is 12.2. The predicted octanol–water partition coefficient (Wildman–Crippen LogP) is 1.85. The number of hydrogen-bond acceptors (Lipinski definition) is 7. The number of aromatic nitrogens is 2. The number of rotatable bonds is 5. The molecule has 8 nitrogen and oxygen atoms in total. The minimum absolute atomic E-state index is 0.00532. The molecule has 120 valence electrons. The number of hydrazone groups is 1. The van der Waals surface area contributed by atoms with E-state index in [0.717, 1.165) is 11.3 Å². The lowest BCUT2D eigenvalue weighted by Gasteiger charge is -1.98. The third-order valence-corrected chi connectivity index (χ3v) is 3.80. The second-order valence-electron chi connectivity index (χ2n) is 4.62. The number of non-ortho nitro benzene ring substituents is 1. The van der Waals surface area contributed by atoms with Crippen LogP contribution in [0.5, 0.6) is 5.19 Å². The van der Waals surface area contributed by atoms with Gasteiger partial charge < -0.3 is 5.11 Å². The van der Waals surface area contributed by atoms with E-state index >= 15 is 0 Å². The molecule has 2 aromatic heterocycles. The summed E-state index contributed by atoms with van der Waals surface area (Å²) in [5, 5.41) is 25.9. The van der Waals surface area contributed by atoms with Crippen molar-refractivity contribution in [2.75, 3.05) is 5.43 Å². The molecule has 3 aromatic rings. The van der Waals surface area contributed by atoms with Crippen LogP contribution in [-0.4, -0.2) is 16.1 Å². The van der Waals surface area contributed by atoms with Crippen LogP contribution in [0.4, 0.5) is 11.4 Å². The molecule has 0 amide bonds. The van der Waals surface area contributed by atoms with E-state index in [1.807, 2.05) is 18.2 Å². The second-order valence-corrected chi connectivity index (χ2v) is 5.62. The molecule has 0 saturated heterocycles. The number of hydrogen-bond donors (Lipinski definition) is 1. The minimum atomic E-state index is -0.469. The molecule has 0 spiro atoms. The Kier molecular flexibility index (Phi) is 4.43. The number of nitro benzene ring substituents is 1. The van der Waals surface area contributed by atoms with Gasteiger partial charge in [0.15, 0.2) is 5.19 Å². The van der Waals surface area contributed by atoms with Gasteiger partial charge in [0.05, 0.1) is 29.2 Å². The van der Waals surface area contributed by atoms with Crippen molar-refractivity contribution in [3.63, 3.8) is 0 Å². The molecule has 9 heteroatoms. The lowest BCUT2D eigenvalue weighted by atomic mass is 10.3. The number of pyridine rings is 1. The molecule has 2 heterocycles. The SMILES string of the molecule is O=[N+]([O-])c1ccc(N/N=C/c2sc([O-])nc2-[n+]2ccccc2)cc1. The smallest absolute Gasteiger partial charge is 0.346 e. The zero-order chi connectivity index (χ0) is 16.9. The highest BCUT2D eigenvalue weighted by Gasteiger charge is 2.16. The maximum Gasteiger partial charge on any atom is 0.346 e. The van der Waals surface area contributed by atoms with Crippen LogP contribution in [0.2, 0.25) is 0 Å². The molecule has 0 aliphatic rings. The Bertz CT molecular complexity index is 878. The topological polar surface area (TPSA) is 107 Å². The molecule has 0 aliphatic heterocycles. The van der Waals surface area contributed by atoms with Gasteiger partial charge in [0.2, 0.25) is 0 Å². The summed E-state index contributed by atoms with van der Waals surface area (Å²) in [6, 6.07) is 11.4. The standard InChI is InChI=1S/C15H11N5O3S/c21-15-17-14(19-8-2-1-3-9-19)13(24-15)10-16-18-11-4-6-12(7-5-11)20(22)23/h1-10,18H. The summed E-state index contributed by atoms with van der Waals surface area (Å²) in [4.78, 5) is 14.7. The molecular weight excluding hydrogens is 330 g/mol. The van der Waals surface area contributed by atoms with Gasteiger partial charge in [-0.15, -0.1) is 0 Å². The molecule has 0 fully saturated rings. The van der Waals surface area contributed by atoms with Crippen LogP contribution in [0.15, 0.2) is 60.0 Å². The van der Waals surface area contributed by atoms with E-state index in [0.29, 0.717) is 16.4 Å². The van der Waals surface area contributed by atoms with Crippen LogP contribution >= 0.6 is 11.3 Å². The summed E-state index contributed by atoms with van der Waals surface area (Å²) in [6.07, 6.45) is 5.07. The maximum absolute atomic E-state index is 11.6. The Hall–Kier alpha value is -3.33. The maximum atomic E-state index is 11.6. The zero-order valence-corrected chi connectivity index (χ0v) is 13.0. The third kappa shape index (κ3) is 3.52. The summed E-state index contributed by atoms with van der Waals surface area (Å²) in [7, 11) is 0. The molecule has 0 radical (unpaired) electrons. The average Bonchev–Trinajstić information content (AvgIpc) is 2.97. The number of anilines is 1. The van der Waals surface area contributed by atoms with Gasteiger partial charge >= 0.3 is 5.82 Å². The van der Waals surface area contributed by atoms with Gasteiger partial charge in [0.1, 0.15) is 4.88 Å². The third-order valence-electron chi connectivity index (χ3n) is 3.03. The summed E-state index contributed by atoms with van der Waals surface area (Å²) < 4.78 is 1.73. The first-order valence-corrected chi connectivity index (χ1v) is 7.63. The molecule has 0 bridgehead atoms. The summed E-state index contributed by atoms with van der Waals surface area (Å²) in [5.41, 5.74) is 3.36. The highest BCUT2D eigenvalue weighted by atomic mass is 32.1. The van der Waals surface area contributed by atoms with Crippen LogP contribution in [0.3, 0.4) is 0 Å². The number of thiazole rings is 1. The van der Waals surface area contributed by atoms with Crippen molar-refractivity contribution in [3.8, 4) is 11.0 Å². The van der Waals surface area contributed by atoms with E-state index in [1.165, 1.54) is 18.3 Å². The molecule has 0 atom stereocenters. The molecule has 3 rings (SSSR count). The Labute approximate surface area is 140 Å². The number of nitrogens with one attached hydrogen (secondary N) is 1. The Morgan fingerprint density at radius 2 is 1.92 bits per heavy atom. The van der Waals surface area contributed by atoms with Crippen molar-refractivity contribution in [2.24, 2.45) is 5.10 Å². The Morgan fingerprint density at radius 1 is 1.21 bits per heavy atom. The summed E-state index contributed by atoms with van der Waals surface area (Å²) >= 11 is 0.985. The molecule has 1 N–H and O–H groups in total. The fourth-order valence-corrected chi connectivity index (χ4v) is 2.60. The normalized spacial score (nSPS) is 10.8. The minimum Gasteiger partial charge on any atom is -0.831 e. The van der Waals surface area contributed by atoms with Crippen LogP contribution in [0.25, 0.3) is 5.82 Å². The molecule has 0 aliphatic carbocycles. The van der Waals surface area contributed by atoms with Crippen LogP contribution in [0.1, 0.15) is 4.88 Å². The van der Waals surface area contributed by atoms with E-state index in [2.05, 4.69) is 15.5 Å². The largest absolute Gasteiger partial charge is 0.831 e.